The molecule has 0 aliphatic rings. The Morgan fingerprint density at radius 3 is 1.57 bits per heavy atom. The molecule has 0 aliphatic carbocycles. The first-order chi connectivity index (χ1) is 11.3. The smallest absolute Gasteiger partial charge is 0.115 e. The fourth-order valence-corrected chi connectivity index (χ4v) is 2.03. The third-order valence-electron chi connectivity index (χ3n) is 3.25. The summed E-state index contributed by atoms with van der Waals surface area (Å²) in [5.74, 6) is 0.322. The molecule has 2 heteroatoms. The van der Waals surface area contributed by atoms with Gasteiger partial charge in [0.05, 0.1) is 13.2 Å². The van der Waals surface area contributed by atoms with Gasteiger partial charge < -0.3 is 9.84 Å². The van der Waals surface area contributed by atoms with Crippen LogP contribution in [-0.4, -0.2) is 11.7 Å². The molecule has 0 spiro atoms. The largest absolute Gasteiger partial charge is 0.508 e. The molecule has 2 nitrogen and oxygen atoms in total. The van der Waals surface area contributed by atoms with E-state index < -0.39 is 0 Å². The highest BCUT2D eigenvalue weighted by Crippen LogP contribution is 2.04. The maximum absolute atomic E-state index is 8.63. The third-order valence-corrected chi connectivity index (χ3v) is 3.25. The highest BCUT2D eigenvalue weighted by atomic mass is 16.5. The molecule has 0 aromatic heterocycles. The number of rotatable bonds is 5. The molecule has 0 aliphatic heterocycles. The number of hydrogen-bond acceptors (Lipinski definition) is 2. The topological polar surface area (TPSA) is 29.5 Å². The van der Waals surface area contributed by atoms with Crippen molar-refractivity contribution in [2.24, 2.45) is 0 Å². The van der Waals surface area contributed by atoms with Gasteiger partial charge in [-0.05, 0) is 29.7 Å². The molecule has 0 amide bonds. The Hall–Kier alpha value is -2.58. The number of phenols is 1. The van der Waals surface area contributed by atoms with E-state index in [4.69, 9.17) is 9.84 Å². The van der Waals surface area contributed by atoms with E-state index in [1.54, 1.807) is 24.3 Å². The Labute approximate surface area is 138 Å². The highest BCUT2D eigenvalue weighted by molar-refractivity contribution is 5.18. The first kappa shape index (κ1) is 16.8. The summed E-state index contributed by atoms with van der Waals surface area (Å²) in [4.78, 5) is 0. The normalized spacial score (nSPS) is 9.74. The Balaban J connectivity index is 0.000000229. The summed E-state index contributed by atoms with van der Waals surface area (Å²) in [7, 11) is 0. The van der Waals surface area contributed by atoms with Crippen LogP contribution in [0.3, 0.4) is 0 Å². The van der Waals surface area contributed by atoms with Crippen molar-refractivity contribution in [1.29, 1.82) is 0 Å². The minimum atomic E-state index is 0.322. The molecular formula is C21H22O2. The van der Waals surface area contributed by atoms with Crippen LogP contribution >= 0.6 is 0 Å². The summed E-state index contributed by atoms with van der Waals surface area (Å²) < 4.78 is 5.62. The standard InChI is InChI=1S/C15H16O.C6H6O/c1-3-7-14(8-4-1)11-12-16-13-15-9-5-2-6-10-15;7-6-4-2-1-3-5-6/h1-10H,11-13H2;1-5,7H. The van der Waals surface area contributed by atoms with E-state index in [2.05, 4.69) is 36.4 Å². The fourth-order valence-electron chi connectivity index (χ4n) is 2.03. The molecule has 3 aromatic carbocycles. The van der Waals surface area contributed by atoms with Crippen LogP contribution in [0.4, 0.5) is 0 Å². The van der Waals surface area contributed by atoms with Gasteiger partial charge in [0.15, 0.2) is 0 Å². The van der Waals surface area contributed by atoms with Crippen LogP contribution in [-0.2, 0) is 17.8 Å². The molecule has 0 radical (unpaired) electrons. The van der Waals surface area contributed by atoms with Gasteiger partial charge in [-0.25, -0.2) is 0 Å². The lowest BCUT2D eigenvalue weighted by molar-refractivity contribution is 0.124. The van der Waals surface area contributed by atoms with Gasteiger partial charge in [-0.15, -0.1) is 0 Å². The second kappa shape index (κ2) is 10.2. The molecule has 0 saturated carbocycles. The number of hydrogen-bond donors (Lipinski definition) is 1. The maximum Gasteiger partial charge on any atom is 0.115 e. The lowest BCUT2D eigenvalue weighted by Gasteiger charge is -2.04. The molecule has 3 aromatic rings. The zero-order valence-electron chi connectivity index (χ0n) is 13.1. The van der Waals surface area contributed by atoms with Crippen LogP contribution in [0.15, 0.2) is 91.0 Å². The van der Waals surface area contributed by atoms with Crippen LogP contribution in [0, 0.1) is 0 Å². The van der Waals surface area contributed by atoms with E-state index >= 15 is 0 Å². The second-order valence-electron chi connectivity index (χ2n) is 5.11. The molecule has 0 saturated heterocycles. The van der Waals surface area contributed by atoms with Gasteiger partial charge in [0.25, 0.3) is 0 Å². The fraction of sp³-hybridized carbons (Fsp3) is 0.143. The summed E-state index contributed by atoms with van der Waals surface area (Å²) in [6, 6.07) is 29.4. The summed E-state index contributed by atoms with van der Waals surface area (Å²) >= 11 is 0. The van der Waals surface area contributed by atoms with Crippen molar-refractivity contribution in [2.45, 2.75) is 13.0 Å². The SMILES string of the molecule is Oc1ccccc1.c1ccc(CCOCc2ccccc2)cc1. The maximum atomic E-state index is 8.63. The van der Waals surface area contributed by atoms with E-state index in [1.165, 1.54) is 11.1 Å². The second-order valence-corrected chi connectivity index (χ2v) is 5.11. The van der Waals surface area contributed by atoms with Crippen LogP contribution in [0.1, 0.15) is 11.1 Å². The number of benzene rings is 3. The van der Waals surface area contributed by atoms with E-state index in [0.29, 0.717) is 12.4 Å². The van der Waals surface area contributed by atoms with Crippen molar-refractivity contribution in [1.82, 2.24) is 0 Å². The average Bonchev–Trinajstić information content (AvgIpc) is 2.62. The van der Waals surface area contributed by atoms with Gasteiger partial charge in [0.1, 0.15) is 5.75 Å². The highest BCUT2D eigenvalue weighted by Gasteiger charge is 1.93. The van der Waals surface area contributed by atoms with Crippen molar-refractivity contribution in [2.75, 3.05) is 6.61 Å². The summed E-state index contributed by atoms with van der Waals surface area (Å²) in [5, 5.41) is 8.63. The van der Waals surface area contributed by atoms with Crippen molar-refractivity contribution in [3.63, 3.8) is 0 Å². The van der Waals surface area contributed by atoms with Gasteiger partial charge in [-0.1, -0.05) is 78.9 Å². The molecule has 0 atom stereocenters. The summed E-state index contributed by atoms with van der Waals surface area (Å²) in [6.45, 7) is 1.48. The lowest BCUT2D eigenvalue weighted by Crippen LogP contribution is -1.98. The first-order valence-corrected chi connectivity index (χ1v) is 7.74. The zero-order valence-corrected chi connectivity index (χ0v) is 13.1. The van der Waals surface area contributed by atoms with Crippen LogP contribution in [0.5, 0.6) is 5.75 Å². The average molecular weight is 306 g/mol. The molecule has 0 bridgehead atoms. The quantitative estimate of drug-likeness (QED) is 0.684. The number of para-hydroxylation sites is 1. The predicted molar refractivity (Wildman–Crippen MR) is 94.4 cm³/mol. The van der Waals surface area contributed by atoms with Crippen molar-refractivity contribution in [3.8, 4) is 5.75 Å². The lowest BCUT2D eigenvalue weighted by atomic mass is 10.2. The Morgan fingerprint density at radius 2 is 1.09 bits per heavy atom. The van der Waals surface area contributed by atoms with Gasteiger partial charge in [0, 0.05) is 0 Å². The van der Waals surface area contributed by atoms with Crippen LogP contribution in [0.2, 0.25) is 0 Å². The Kier molecular flexibility index (Phi) is 7.44. The molecule has 0 heterocycles. The van der Waals surface area contributed by atoms with Crippen molar-refractivity contribution >= 4 is 0 Å². The first-order valence-electron chi connectivity index (χ1n) is 7.74. The molecule has 23 heavy (non-hydrogen) atoms. The summed E-state index contributed by atoms with van der Waals surface area (Å²) in [5.41, 5.74) is 2.56. The van der Waals surface area contributed by atoms with Gasteiger partial charge in [0.2, 0.25) is 0 Å². The molecule has 0 unspecified atom stereocenters. The molecule has 1 N–H and O–H groups in total. The molecular weight excluding hydrogens is 284 g/mol. The number of aromatic hydroxyl groups is 1. The predicted octanol–water partition coefficient (Wildman–Crippen LogP) is 4.84. The van der Waals surface area contributed by atoms with Crippen LogP contribution < -0.4 is 0 Å². The van der Waals surface area contributed by atoms with E-state index in [-0.39, 0.29) is 0 Å². The molecule has 0 fully saturated rings. The molecule has 3 rings (SSSR count). The molecule has 118 valence electrons. The zero-order chi connectivity index (χ0) is 16.2. The third kappa shape index (κ3) is 7.30. The van der Waals surface area contributed by atoms with Crippen LogP contribution in [0.25, 0.3) is 0 Å². The minimum absolute atomic E-state index is 0.322. The summed E-state index contributed by atoms with van der Waals surface area (Å²) in [6.07, 6.45) is 0.980. The van der Waals surface area contributed by atoms with Crippen molar-refractivity contribution < 1.29 is 9.84 Å². The number of ether oxygens (including phenoxy) is 1. The van der Waals surface area contributed by atoms with E-state index in [9.17, 15) is 0 Å². The van der Waals surface area contributed by atoms with Gasteiger partial charge in [-0.3, -0.25) is 0 Å². The van der Waals surface area contributed by atoms with Crippen molar-refractivity contribution in [3.05, 3.63) is 102 Å². The van der Waals surface area contributed by atoms with Gasteiger partial charge in [-0.2, -0.15) is 0 Å². The van der Waals surface area contributed by atoms with E-state index in [1.807, 2.05) is 30.3 Å². The monoisotopic (exact) mass is 306 g/mol. The van der Waals surface area contributed by atoms with Gasteiger partial charge >= 0.3 is 0 Å². The Bertz CT molecular complexity index is 595. The number of phenolic OH excluding ortho intramolecular Hbond substituents is 1. The van der Waals surface area contributed by atoms with E-state index in [0.717, 1.165) is 13.0 Å². The minimum Gasteiger partial charge on any atom is -0.508 e. The Morgan fingerprint density at radius 1 is 0.609 bits per heavy atom.